The van der Waals surface area contributed by atoms with Crippen molar-refractivity contribution in [3.8, 4) is 0 Å². The van der Waals surface area contributed by atoms with Crippen LogP contribution in [0.3, 0.4) is 0 Å². The minimum Gasteiger partial charge on any atom is -0.354 e. The number of halogens is 1. The lowest BCUT2D eigenvalue weighted by Crippen LogP contribution is -2.41. The first-order valence-electron chi connectivity index (χ1n) is 7.83. The predicted molar refractivity (Wildman–Crippen MR) is 104 cm³/mol. The van der Waals surface area contributed by atoms with Gasteiger partial charge < -0.3 is 5.32 Å². The molecule has 0 saturated heterocycles. The zero-order valence-electron chi connectivity index (χ0n) is 14.1. The molecule has 5 nitrogen and oxygen atoms in total. The van der Waals surface area contributed by atoms with E-state index in [4.69, 9.17) is 0 Å². The van der Waals surface area contributed by atoms with Crippen LogP contribution in [0.15, 0.2) is 59.1 Å². The Balaban J connectivity index is 2.05. The van der Waals surface area contributed by atoms with Crippen molar-refractivity contribution in [2.24, 2.45) is 0 Å². The molecule has 2 aromatic rings. The molecule has 1 atom stereocenters. The van der Waals surface area contributed by atoms with Crippen LogP contribution in [0.5, 0.6) is 0 Å². The Hall–Kier alpha value is -1.86. The van der Waals surface area contributed by atoms with E-state index >= 15 is 0 Å². The molecule has 0 spiro atoms. The lowest BCUT2D eigenvalue weighted by Gasteiger charge is -2.23. The van der Waals surface area contributed by atoms with Crippen LogP contribution >= 0.6 is 15.9 Å². The number of nitrogens with zero attached hydrogens (tertiary/aromatic N) is 1. The van der Waals surface area contributed by atoms with Crippen molar-refractivity contribution in [3.05, 3.63) is 64.6 Å². The number of carbonyl (C=O) groups is 1. The fourth-order valence-corrected chi connectivity index (χ4v) is 3.87. The van der Waals surface area contributed by atoms with Gasteiger partial charge in [0.25, 0.3) is 0 Å². The summed E-state index contributed by atoms with van der Waals surface area (Å²) in [5.41, 5.74) is 1.56. The van der Waals surface area contributed by atoms with E-state index in [-0.39, 0.29) is 18.4 Å². The largest absolute Gasteiger partial charge is 0.354 e. The highest BCUT2D eigenvalue weighted by Gasteiger charge is 2.22. The topological polar surface area (TPSA) is 66.5 Å². The molecule has 2 aromatic carbocycles. The van der Waals surface area contributed by atoms with Crippen molar-refractivity contribution in [2.75, 3.05) is 23.7 Å². The van der Waals surface area contributed by atoms with Gasteiger partial charge in [-0.2, -0.15) is 0 Å². The highest BCUT2D eigenvalue weighted by Crippen LogP contribution is 2.27. The molecule has 0 bridgehead atoms. The molecule has 0 radical (unpaired) electrons. The number of sulfonamides is 1. The van der Waals surface area contributed by atoms with Gasteiger partial charge in [0.2, 0.25) is 15.9 Å². The first-order chi connectivity index (χ1) is 11.8. The van der Waals surface area contributed by atoms with Crippen molar-refractivity contribution in [3.63, 3.8) is 0 Å². The second-order valence-corrected chi connectivity index (χ2v) is 8.60. The molecule has 25 heavy (non-hydrogen) atoms. The summed E-state index contributed by atoms with van der Waals surface area (Å²) in [5.74, 6) is -0.204. The van der Waals surface area contributed by atoms with Crippen molar-refractivity contribution >= 4 is 37.5 Å². The lowest BCUT2D eigenvalue weighted by molar-refractivity contribution is -0.119. The smallest absolute Gasteiger partial charge is 0.240 e. The normalized spacial score (nSPS) is 12.4. The van der Waals surface area contributed by atoms with Gasteiger partial charge in [0.05, 0.1) is 11.9 Å². The molecular formula is C18H21BrN2O3S. The first kappa shape index (κ1) is 19.5. The van der Waals surface area contributed by atoms with Gasteiger partial charge in [-0.1, -0.05) is 49.4 Å². The van der Waals surface area contributed by atoms with Crippen LogP contribution in [0.1, 0.15) is 18.4 Å². The zero-order chi connectivity index (χ0) is 18.4. The number of hydrogen-bond donors (Lipinski definition) is 1. The number of anilines is 1. The van der Waals surface area contributed by atoms with E-state index in [9.17, 15) is 13.2 Å². The van der Waals surface area contributed by atoms with E-state index in [1.807, 2.05) is 37.3 Å². The fourth-order valence-electron chi connectivity index (χ4n) is 2.39. The van der Waals surface area contributed by atoms with Gasteiger partial charge in [-0.05, 0) is 39.5 Å². The maximum Gasteiger partial charge on any atom is 0.240 e. The molecule has 0 unspecified atom stereocenters. The van der Waals surface area contributed by atoms with Crippen LogP contribution in [0, 0.1) is 0 Å². The molecule has 0 aliphatic rings. The molecule has 0 aliphatic carbocycles. The van der Waals surface area contributed by atoms with E-state index in [0.717, 1.165) is 16.1 Å². The Kier molecular flexibility index (Phi) is 6.61. The van der Waals surface area contributed by atoms with Crippen LogP contribution in [0.25, 0.3) is 0 Å². The number of rotatable bonds is 7. The third-order valence-corrected chi connectivity index (χ3v) is 5.58. The standard InChI is InChI=1S/C18H21BrN2O3S/c1-14(15-8-4-3-5-9-15)12-20-18(22)13-21(25(2,23)24)17-11-7-6-10-16(17)19/h3-11,14H,12-13H2,1-2H3,(H,20,22)/t14-/m1/s1. The number of para-hydroxylation sites is 1. The van der Waals surface area contributed by atoms with E-state index in [2.05, 4.69) is 21.2 Å². The number of benzene rings is 2. The minimum atomic E-state index is -3.58. The van der Waals surface area contributed by atoms with Gasteiger partial charge >= 0.3 is 0 Å². The van der Waals surface area contributed by atoms with Crippen LogP contribution < -0.4 is 9.62 Å². The summed E-state index contributed by atoms with van der Waals surface area (Å²) in [6, 6.07) is 16.8. The number of carbonyl (C=O) groups excluding carboxylic acids is 1. The summed E-state index contributed by atoms with van der Waals surface area (Å²) < 4.78 is 25.9. The Morgan fingerprint density at radius 1 is 1.12 bits per heavy atom. The number of hydrogen-bond acceptors (Lipinski definition) is 3. The van der Waals surface area contributed by atoms with Gasteiger partial charge in [-0.25, -0.2) is 8.42 Å². The molecule has 1 N–H and O–H groups in total. The lowest BCUT2D eigenvalue weighted by atomic mass is 10.0. The summed E-state index contributed by atoms with van der Waals surface area (Å²) >= 11 is 3.33. The third kappa shape index (κ3) is 5.57. The summed E-state index contributed by atoms with van der Waals surface area (Å²) in [5, 5.41) is 2.81. The average Bonchev–Trinajstić information content (AvgIpc) is 2.58. The quantitative estimate of drug-likeness (QED) is 0.741. The average molecular weight is 425 g/mol. The van der Waals surface area contributed by atoms with Gasteiger partial charge in [0, 0.05) is 11.0 Å². The number of amides is 1. The van der Waals surface area contributed by atoms with Crippen molar-refractivity contribution < 1.29 is 13.2 Å². The van der Waals surface area contributed by atoms with Crippen LogP contribution in [-0.4, -0.2) is 33.7 Å². The van der Waals surface area contributed by atoms with Gasteiger partial charge in [-0.3, -0.25) is 9.10 Å². The maximum atomic E-state index is 12.3. The fraction of sp³-hybridized carbons (Fsp3) is 0.278. The van der Waals surface area contributed by atoms with Gasteiger partial charge in [0.15, 0.2) is 0 Å². The molecule has 1 amide bonds. The molecule has 134 valence electrons. The van der Waals surface area contributed by atoms with E-state index < -0.39 is 10.0 Å². The second-order valence-electron chi connectivity index (χ2n) is 5.84. The minimum absolute atomic E-state index is 0.139. The molecule has 2 rings (SSSR count). The zero-order valence-corrected chi connectivity index (χ0v) is 16.5. The Labute approximate surface area is 157 Å². The van der Waals surface area contributed by atoms with E-state index in [1.54, 1.807) is 24.3 Å². The van der Waals surface area contributed by atoms with Crippen LogP contribution in [0.2, 0.25) is 0 Å². The van der Waals surface area contributed by atoms with E-state index in [1.165, 1.54) is 0 Å². The summed E-state index contributed by atoms with van der Waals surface area (Å²) in [6.45, 7) is 2.19. The summed E-state index contributed by atoms with van der Waals surface area (Å²) in [7, 11) is -3.58. The molecule has 0 aliphatic heterocycles. The van der Waals surface area contributed by atoms with E-state index in [0.29, 0.717) is 16.7 Å². The van der Waals surface area contributed by atoms with Crippen LogP contribution in [-0.2, 0) is 14.8 Å². The summed E-state index contributed by atoms with van der Waals surface area (Å²) in [4.78, 5) is 12.3. The third-order valence-electron chi connectivity index (χ3n) is 3.78. The van der Waals surface area contributed by atoms with Crippen molar-refractivity contribution in [2.45, 2.75) is 12.8 Å². The highest BCUT2D eigenvalue weighted by molar-refractivity contribution is 9.10. The maximum absolute atomic E-state index is 12.3. The van der Waals surface area contributed by atoms with Gasteiger partial charge in [-0.15, -0.1) is 0 Å². The first-order valence-corrected chi connectivity index (χ1v) is 10.5. The predicted octanol–water partition coefficient (Wildman–Crippen LogP) is 3.14. The molecule has 0 fully saturated rings. The Morgan fingerprint density at radius 3 is 2.32 bits per heavy atom. The Morgan fingerprint density at radius 2 is 1.72 bits per heavy atom. The van der Waals surface area contributed by atoms with Crippen LogP contribution in [0.4, 0.5) is 5.69 Å². The van der Waals surface area contributed by atoms with Gasteiger partial charge in [0.1, 0.15) is 6.54 Å². The molecule has 7 heteroatoms. The SMILES string of the molecule is C[C@H](CNC(=O)CN(c1ccccc1Br)S(C)(=O)=O)c1ccccc1. The van der Waals surface area contributed by atoms with Crippen molar-refractivity contribution in [1.82, 2.24) is 5.32 Å². The van der Waals surface area contributed by atoms with Crippen molar-refractivity contribution in [1.29, 1.82) is 0 Å². The highest BCUT2D eigenvalue weighted by atomic mass is 79.9. The molecular weight excluding hydrogens is 404 g/mol. The monoisotopic (exact) mass is 424 g/mol. The molecule has 0 heterocycles. The second kappa shape index (κ2) is 8.49. The molecule has 0 saturated carbocycles. The summed E-state index contributed by atoms with van der Waals surface area (Å²) in [6.07, 6.45) is 1.09. The Bertz CT molecular complexity index is 825. The number of nitrogens with one attached hydrogen (secondary N) is 1. The molecule has 0 aromatic heterocycles.